The van der Waals surface area contributed by atoms with Gasteiger partial charge < -0.3 is 11.1 Å². The van der Waals surface area contributed by atoms with Crippen LogP contribution in [0.4, 0.5) is 5.69 Å². The number of hydrogen-bond acceptors (Lipinski definition) is 3. The number of nitrogens with one attached hydrogen (secondary N) is 1. The number of carbonyl (C=O) groups excluding carboxylic acids is 1. The molecule has 0 aliphatic carbocycles. The van der Waals surface area contributed by atoms with E-state index in [1.165, 1.54) is 0 Å². The summed E-state index contributed by atoms with van der Waals surface area (Å²) in [6.45, 7) is 2.26. The molecule has 1 heterocycles. The Balaban J connectivity index is 2.06. The molecule has 0 fully saturated rings. The monoisotopic (exact) mass is 244 g/mol. The van der Waals surface area contributed by atoms with Crippen molar-refractivity contribution in [1.29, 1.82) is 0 Å². The first-order chi connectivity index (χ1) is 8.70. The van der Waals surface area contributed by atoms with E-state index in [0.717, 1.165) is 11.3 Å². The highest BCUT2D eigenvalue weighted by atomic mass is 16.2. The summed E-state index contributed by atoms with van der Waals surface area (Å²) in [4.78, 5) is 12.0. The molecule has 0 aliphatic rings. The Labute approximate surface area is 106 Å². The summed E-state index contributed by atoms with van der Waals surface area (Å²) in [5, 5.41) is 6.90. The minimum absolute atomic E-state index is 0.104. The van der Waals surface area contributed by atoms with E-state index in [1.54, 1.807) is 30.1 Å². The van der Waals surface area contributed by atoms with E-state index in [2.05, 4.69) is 10.4 Å². The van der Waals surface area contributed by atoms with Gasteiger partial charge in [-0.15, -0.1) is 0 Å². The standard InChI is InChI=1S/C13H16N4O/c1-10(17-7-3-6-15-17)13(18)16-12-5-2-4-11(8-12)9-14/h2-8,10H,9,14H2,1H3,(H,16,18). The molecular formula is C13H16N4O. The zero-order valence-corrected chi connectivity index (χ0v) is 10.2. The molecule has 1 unspecified atom stereocenters. The molecule has 2 aromatic rings. The summed E-state index contributed by atoms with van der Waals surface area (Å²) in [5.41, 5.74) is 7.30. The summed E-state index contributed by atoms with van der Waals surface area (Å²) >= 11 is 0. The average Bonchev–Trinajstić information content (AvgIpc) is 2.92. The van der Waals surface area contributed by atoms with Crippen LogP contribution in [0, 0.1) is 0 Å². The maximum Gasteiger partial charge on any atom is 0.248 e. The van der Waals surface area contributed by atoms with Crippen LogP contribution in [0.2, 0.25) is 0 Å². The fraction of sp³-hybridized carbons (Fsp3) is 0.231. The fourth-order valence-corrected chi connectivity index (χ4v) is 1.65. The number of amides is 1. The molecule has 1 aromatic carbocycles. The molecule has 0 aliphatic heterocycles. The first-order valence-electron chi connectivity index (χ1n) is 5.79. The minimum Gasteiger partial charge on any atom is -0.326 e. The van der Waals surface area contributed by atoms with Gasteiger partial charge in [0.2, 0.25) is 5.91 Å². The van der Waals surface area contributed by atoms with Crippen molar-refractivity contribution in [3.8, 4) is 0 Å². The molecule has 0 spiro atoms. The summed E-state index contributed by atoms with van der Waals surface area (Å²) in [5.74, 6) is -0.104. The highest BCUT2D eigenvalue weighted by Crippen LogP contribution is 2.13. The molecule has 94 valence electrons. The van der Waals surface area contributed by atoms with E-state index in [0.29, 0.717) is 6.54 Å². The number of hydrogen-bond donors (Lipinski definition) is 2. The highest BCUT2D eigenvalue weighted by Gasteiger charge is 2.14. The lowest BCUT2D eigenvalue weighted by Crippen LogP contribution is -2.24. The van der Waals surface area contributed by atoms with Crippen molar-refractivity contribution < 1.29 is 4.79 Å². The number of benzene rings is 1. The third kappa shape index (κ3) is 2.75. The van der Waals surface area contributed by atoms with Gasteiger partial charge in [0.05, 0.1) is 0 Å². The van der Waals surface area contributed by atoms with E-state index in [1.807, 2.05) is 24.3 Å². The van der Waals surface area contributed by atoms with Gasteiger partial charge in [-0.2, -0.15) is 5.10 Å². The fourth-order valence-electron chi connectivity index (χ4n) is 1.65. The van der Waals surface area contributed by atoms with Crippen molar-refractivity contribution in [2.24, 2.45) is 5.73 Å². The van der Waals surface area contributed by atoms with Crippen LogP contribution in [0.5, 0.6) is 0 Å². The summed E-state index contributed by atoms with van der Waals surface area (Å²) < 4.78 is 1.61. The van der Waals surface area contributed by atoms with Gasteiger partial charge in [-0.3, -0.25) is 9.48 Å². The van der Waals surface area contributed by atoms with Gasteiger partial charge in [-0.25, -0.2) is 0 Å². The minimum atomic E-state index is -0.346. The molecule has 1 aromatic heterocycles. The summed E-state index contributed by atoms with van der Waals surface area (Å²) in [7, 11) is 0. The zero-order chi connectivity index (χ0) is 13.0. The van der Waals surface area contributed by atoms with Gasteiger partial charge in [0, 0.05) is 24.6 Å². The number of rotatable bonds is 4. The van der Waals surface area contributed by atoms with Crippen LogP contribution in [0.15, 0.2) is 42.7 Å². The van der Waals surface area contributed by atoms with Crippen LogP contribution in [0.3, 0.4) is 0 Å². The second-order valence-electron chi connectivity index (χ2n) is 4.06. The molecule has 0 saturated carbocycles. The van der Waals surface area contributed by atoms with Crippen molar-refractivity contribution in [2.75, 3.05) is 5.32 Å². The van der Waals surface area contributed by atoms with E-state index < -0.39 is 0 Å². The lowest BCUT2D eigenvalue weighted by atomic mass is 10.2. The number of nitrogens with two attached hydrogens (primary N) is 1. The van der Waals surface area contributed by atoms with Gasteiger partial charge in [-0.05, 0) is 30.7 Å². The number of nitrogens with zero attached hydrogens (tertiary/aromatic N) is 2. The van der Waals surface area contributed by atoms with Crippen molar-refractivity contribution in [3.63, 3.8) is 0 Å². The third-order valence-corrected chi connectivity index (χ3v) is 2.73. The molecule has 5 nitrogen and oxygen atoms in total. The van der Waals surface area contributed by atoms with Crippen LogP contribution in [-0.2, 0) is 11.3 Å². The maximum atomic E-state index is 12.0. The van der Waals surface area contributed by atoms with Gasteiger partial charge in [-0.1, -0.05) is 12.1 Å². The van der Waals surface area contributed by atoms with Crippen molar-refractivity contribution in [2.45, 2.75) is 19.5 Å². The van der Waals surface area contributed by atoms with E-state index >= 15 is 0 Å². The second kappa shape index (κ2) is 5.46. The van der Waals surface area contributed by atoms with Gasteiger partial charge >= 0.3 is 0 Å². The second-order valence-corrected chi connectivity index (χ2v) is 4.06. The topological polar surface area (TPSA) is 72.9 Å². The van der Waals surface area contributed by atoms with Gasteiger partial charge in [0.25, 0.3) is 0 Å². The molecule has 1 amide bonds. The van der Waals surface area contributed by atoms with E-state index in [9.17, 15) is 4.79 Å². The van der Waals surface area contributed by atoms with Crippen molar-refractivity contribution in [1.82, 2.24) is 9.78 Å². The largest absolute Gasteiger partial charge is 0.326 e. The smallest absolute Gasteiger partial charge is 0.248 e. The molecule has 0 bridgehead atoms. The number of anilines is 1. The van der Waals surface area contributed by atoms with Crippen LogP contribution in [0.25, 0.3) is 0 Å². The Morgan fingerprint density at radius 2 is 2.33 bits per heavy atom. The quantitative estimate of drug-likeness (QED) is 0.856. The normalized spacial score (nSPS) is 12.1. The van der Waals surface area contributed by atoms with E-state index in [4.69, 9.17) is 5.73 Å². The zero-order valence-electron chi connectivity index (χ0n) is 10.2. The Hall–Kier alpha value is -2.14. The lowest BCUT2D eigenvalue weighted by Gasteiger charge is -2.13. The molecule has 2 rings (SSSR count). The van der Waals surface area contributed by atoms with Crippen LogP contribution < -0.4 is 11.1 Å². The lowest BCUT2D eigenvalue weighted by molar-refractivity contribution is -0.119. The first-order valence-corrected chi connectivity index (χ1v) is 5.79. The van der Waals surface area contributed by atoms with Crippen LogP contribution in [-0.4, -0.2) is 15.7 Å². The van der Waals surface area contributed by atoms with E-state index in [-0.39, 0.29) is 11.9 Å². The van der Waals surface area contributed by atoms with Crippen LogP contribution in [0.1, 0.15) is 18.5 Å². The molecule has 5 heteroatoms. The Kier molecular flexibility index (Phi) is 3.74. The maximum absolute atomic E-state index is 12.0. The number of carbonyl (C=O) groups is 1. The SMILES string of the molecule is CC(C(=O)Nc1cccc(CN)c1)n1cccn1. The molecular weight excluding hydrogens is 228 g/mol. The Morgan fingerprint density at radius 1 is 1.50 bits per heavy atom. The van der Waals surface area contributed by atoms with Crippen molar-refractivity contribution >= 4 is 11.6 Å². The Morgan fingerprint density at radius 3 is 3.00 bits per heavy atom. The molecule has 1 atom stereocenters. The average molecular weight is 244 g/mol. The van der Waals surface area contributed by atoms with Gasteiger partial charge in [0.15, 0.2) is 0 Å². The van der Waals surface area contributed by atoms with Crippen LogP contribution >= 0.6 is 0 Å². The number of aromatic nitrogens is 2. The molecule has 18 heavy (non-hydrogen) atoms. The summed E-state index contributed by atoms with van der Waals surface area (Å²) in [6, 6.07) is 8.95. The highest BCUT2D eigenvalue weighted by molar-refractivity contribution is 5.93. The predicted molar refractivity (Wildman–Crippen MR) is 69.9 cm³/mol. The molecule has 0 radical (unpaired) electrons. The Bertz CT molecular complexity index is 522. The third-order valence-electron chi connectivity index (χ3n) is 2.73. The molecule has 3 N–H and O–H groups in total. The predicted octanol–water partition coefficient (Wildman–Crippen LogP) is 1.54. The van der Waals surface area contributed by atoms with Crippen molar-refractivity contribution in [3.05, 3.63) is 48.3 Å². The van der Waals surface area contributed by atoms with Gasteiger partial charge in [0.1, 0.15) is 6.04 Å². The summed E-state index contributed by atoms with van der Waals surface area (Å²) in [6.07, 6.45) is 3.42. The molecule has 0 saturated heterocycles. The first kappa shape index (κ1) is 12.3.